The van der Waals surface area contributed by atoms with E-state index in [1.54, 1.807) is 6.92 Å². The van der Waals surface area contributed by atoms with Crippen molar-refractivity contribution in [3.05, 3.63) is 0 Å². The van der Waals surface area contributed by atoms with Crippen molar-refractivity contribution in [1.82, 2.24) is 0 Å². The summed E-state index contributed by atoms with van der Waals surface area (Å²) >= 11 is 0. The van der Waals surface area contributed by atoms with E-state index < -0.39 is 15.4 Å². The topological polar surface area (TPSA) is 77.4 Å². The summed E-state index contributed by atoms with van der Waals surface area (Å²) in [7, 11) is -4.14. The third kappa shape index (κ3) is 16.1. The summed E-state index contributed by atoms with van der Waals surface area (Å²) in [6.45, 7) is 3.95. The van der Waals surface area contributed by atoms with Crippen LogP contribution in [-0.2, 0) is 10.1 Å². The van der Waals surface area contributed by atoms with Gasteiger partial charge in [-0.05, 0) is 25.7 Å². The van der Waals surface area contributed by atoms with Crippen LogP contribution in [0.5, 0.6) is 0 Å². The molecule has 0 rings (SSSR count). The maximum absolute atomic E-state index is 11.0. The van der Waals surface area contributed by atoms with Crippen LogP contribution in [0.2, 0.25) is 0 Å². The number of aliphatic hydroxyl groups excluding tert-OH is 1. The summed E-state index contributed by atoms with van der Waals surface area (Å²) < 4.78 is 32.9. The van der Waals surface area contributed by atoms with Crippen LogP contribution >= 0.6 is 0 Å². The van der Waals surface area contributed by atoms with Crippen LogP contribution in [-0.4, -0.2) is 29.4 Å². The molecule has 0 amide bonds. The Kier molecular flexibility index (Phi) is 18.5. The van der Waals surface area contributed by atoms with Crippen molar-refractivity contribution in [3.8, 4) is 0 Å². The van der Waals surface area contributed by atoms with Gasteiger partial charge in [0.05, 0.1) is 16.2 Å². The van der Waals surface area contributed by atoms with Crippen molar-refractivity contribution in [3.63, 3.8) is 0 Å². The fourth-order valence-corrected chi connectivity index (χ4v) is 3.65. The smallest absolute Gasteiger partial charge is 0.748 e. The first-order chi connectivity index (χ1) is 10.4. The normalized spacial score (nSPS) is 14.3. The molecular formula is C17H35NaO4S. The Bertz CT molecular complexity index is 347. The summed E-state index contributed by atoms with van der Waals surface area (Å²) in [5.74, 6) is 0. The molecule has 0 aliphatic carbocycles. The number of unbranched alkanes of at least 4 members (excludes halogenated alkanes) is 7. The van der Waals surface area contributed by atoms with E-state index in [0.29, 0.717) is 12.8 Å². The summed E-state index contributed by atoms with van der Waals surface area (Å²) in [5.41, 5.74) is 0. The molecule has 0 aliphatic heterocycles. The molecule has 0 bridgehead atoms. The Labute approximate surface area is 165 Å². The molecule has 0 saturated heterocycles. The standard InChI is InChI=1S/C17H36O4S.Na/c1-3-5-6-7-8-10-13-16(18)14-11-9-12-15-17(4-2)22(19,20)21;/h16-18H,3-15H2,1-2H3,(H,19,20,21);/q;+1/p-1. The van der Waals surface area contributed by atoms with Crippen LogP contribution in [0.4, 0.5) is 0 Å². The number of hydrogen-bond acceptors (Lipinski definition) is 4. The molecule has 2 unspecified atom stereocenters. The number of aliphatic hydroxyl groups is 1. The molecule has 0 spiro atoms. The molecule has 4 nitrogen and oxygen atoms in total. The third-order valence-corrected chi connectivity index (χ3v) is 5.70. The zero-order chi connectivity index (χ0) is 16.8. The average molecular weight is 359 g/mol. The van der Waals surface area contributed by atoms with Gasteiger partial charge in [-0.1, -0.05) is 71.6 Å². The molecule has 0 heterocycles. The zero-order valence-corrected chi connectivity index (χ0v) is 18.2. The van der Waals surface area contributed by atoms with E-state index in [1.165, 1.54) is 32.1 Å². The van der Waals surface area contributed by atoms with Gasteiger partial charge in [-0.2, -0.15) is 0 Å². The molecular weight excluding hydrogens is 323 g/mol. The van der Waals surface area contributed by atoms with Crippen molar-refractivity contribution in [2.24, 2.45) is 0 Å². The van der Waals surface area contributed by atoms with Gasteiger partial charge in [-0.3, -0.25) is 0 Å². The number of hydrogen-bond donors (Lipinski definition) is 1. The average Bonchev–Trinajstić information content (AvgIpc) is 2.45. The Hall–Kier alpha value is 0.870. The van der Waals surface area contributed by atoms with Crippen molar-refractivity contribution < 1.29 is 47.6 Å². The first-order valence-electron chi connectivity index (χ1n) is 9.04. The molecule has 0 radical (unpaired) electrons. The zero-order valence-electron chi connectivity index (χ0n) is 15.4. The minimum Gasteiger partial charge on any atom is -0.748 e. The van der Waals surface area contributed by atoms with Gasteiger partial charge in [-0.15, -0.1) is 0 Å². The van der Waals surface area contributed by atoms with E-state index in [4.69, 9.17) is 0 Å². The number of rotatable bonds is 15. The Morgan fingerprint density at radius 3 is 1.74 bits per heavy atom. The molecule has 134 valence electrons. The molecule has 6 heteroatoms. The van der Waals surface area contributed by atoms with Crippen LogP contribution in [0.3, 0.4) is 0 Å². The van der Waals surface area contributed by atoms with Gasteiger partial charge in [0, 0.05) is 5.25 Å². The van der Waals surface area contributed by atoms with Crippen LogP contribution in [0, 0.1) is 0 Å². The second-order valence-electron chi connectivity index (χ2n) is 6.37. The Morgan fingerprint density at radius 2 is 1.26 bits per heavy atom. The minimum absolute atomic E-state index is 0. The fourth-order valence-electron chi connectivity index (χ4n) is 2.79. The van der Waals surface area contributed by atoms with Crippen molar-refractivity contribution in [2.75, 3.05) is 0 Å². The van der Waals surface area contributed by atoms with Gasteiger partial charge >= 0.3 is 29.6 Å². The van der Waals surface area contributed by atoms with E-state index in [0.717, 1.165) is 38.5 Å². The molecule has 0 aromatic heterocycles. The van der Waals surface area contributed by atoms with Gasteiger partial charge in [-0.25, -0.2) is 8.42 Å². The van der Waals surface area contributed by atoms with Gasteiger partial charge in [0.25, 0.3) is 0 Å². The first kappa shape index (κ1) is 26.1. The third-order valence-electron chi connectivity index (χ3n) is 4.32. The molecule has 23 heavy (non-hydrogen) atoms. The molecule has 0 aliphatic rings. The summed E-state index contributed by atoms with van der Waals surface area (Å²) in [4.78, 5) is 0. The van der Waals surface area contributed by atoms with E-state index in [-0.39, 0.29) is 35.7 Å². The molecule has 2 atom stereocenters. The second kappa shape index (κ2) is 16.3. The monoisotopic (exact) mass is 358 g/mol. The van der Waals surface area contributed by atoms with Crippen LogP contribution in [0.25, 0.3) is 0 Å². The second-order valence-corrected chi connectivity index (χ2v) is 8.02. The van der Waals surface area contributed by atoms with Crippen molar-refractivity contribution in [1.29, 1.82) is 0 Å². The maximum Gasteiger partial charge on any atom is 1.00 e. The van der Waals surface area contributed by atoms with Crippen LogP contribution in [0.15, 0.2) is 0 Å². The molecule has 0 aromatic rings. The van der Waals surface area contributed by atoms with Crippen LogP contribution < -0.4 is 29.6 Å². The van der Waals surface area contributed by atoms with Crippen molar-refractivity contribution >= 4 is 10.1 Å². The predicted molar refractivity (Wildman–Crippen MR) is 90.9 cm³/mol. The Morgan fingerprint density at radius 1 is 0.826 bits per heavy atom. The predicted octanol–water partition coefficient (Wildman–Crippen LogP) is 1.38. The van der Waals surface area contributed by atoms with Crippen molar-refractivity contribution in [2.45, 2.75) is 109 Å². The van der Waals surface area contributed by atoms with Crippen LogP contribution in [0.1, 0.15) is 97.3 Å². The van der Waals surface area contributed by atoms with Gasteiger partial charge in [0.1, 0.15) is 0 Å². The maximum atomic E-state index is 11.0. The fraction of sp³-hybridized carbons (Fsp3) is 1.00. The van der Waals surface area contributed by atoms with E-state index in [9.17, 15) is 18.1 Å². The quantitative estimate of drug-likeness (QED) is 0.272. The Balaban J connectivity index is 0. The SMILES string of the molecule is CCCCCCCCC(O)CCCCCC(CC)S(=O)(=O)[O-].[Na+]. The minimum atomic E-state index is -4.14. The summed E-state index contributed by atoms with van der Waals surface area (Å²) in [6, 6.07) is 0. The largest absolute Gasteiger partial charge is 1.00 e. The van der Waals surface area contributed by atoms with E-state index in [1.807, 2.05) is 0 Å². The molecule has 0 saturated carbocycles. The molecule has 0 aromatic carbocycles. The molecule has 1 N–H and O–H groups in total. The van der Waals surface area contributed by atoms with Gasteiger partial charge < -0.3 is 9.66 Å². The van der Waals surface area contributed by atoms with Gasteiger partial charge in [0.15, 0.2) is 0 Å². The summed E-state index contributed by atoms with van der Waals surface area (Å²) in [5, 5.41) is 9.15. The van der Waals surface area contributed by atoms with E-state index in [2.05, 4.69) is 6.92 Å². The summed E-state index contributed by atoms with van der Waals surface area (Å²) in [6.07, 6.45) is 12.3. The van der Waals surface area contributed by atoms with E-state index >= 15 is 0 Å². The molecule has 0 fully saturated rings. The first-order valence-corrected chi connectivity index (χ1v) is 10.5. The van der Waals surface area contributed by atoms with Gasteiger partial charge in [0.2, 0.25) is 0 Å².